The van der Waals surface area contributed by atoms with E-state index in [-0.39, 0.29) is 0 Å². The molecule has 4 heteroatoms. The molecule has 0 amide bonds. The van der Waals surface area contributed by atoms with E-state index < -0.39 is 5.41 Å². The van der Waals surface area contributed by atoms with Gasteiger partial charge in [-0.05, 0) is 69.8 Å². The molecule has 234 valence electrons. The van der Waals surface area contributed by atoms with Gasteiger partial charge in [-0.3, -0.25) is 4.98 Å². The Morgan fingerprint density at radius 2 is 0.960 bits per heavy atom. The predicted octanol–water partition coefficient (Wildman–Crippen LogP) is 11.0. The number of ether oxygens (including phenoxy) is 1. The monoisotopic (exact) mass is 639 g/mol. The first-order valence-electron chi connectivity index (χ1n) is 16.8. The van der Waals surface area contributed by atoms with Gasteiger partial charge in [-0.1, -0.05) is 127 Å². The summed E-state index contributed by atoms with van der Waals surface area (Å²) in [4.78, 5) is 14.6. The molecule has 2 aromatic heterocycles. The normalized spacial score (nSPS) is 13.1. The third kappa shape index (κ3) is 4.22. The minimum absolute atomic E-state index is 0.636. The number of rotatable bonds is 3. The number of pyridine rings is 1. The third-order valence-electron chi connectivity index (χ3n) is 10.1. The molecule has 3 heterocycles. The summed E-state index contributed by atoms with van der Waals surface area (Å²) in [6.07, 6.45) is 3.60. The second-order valence-corrected chi connectivity index (χ2v) is 12.8. The second-order valence-electron chi connectivity index (χ2n) is 12.8. The van der Waals surface area contributed by atoms with Crippen molar-refractivity contribution in [3.05, 3.63) is 198 Å². The Labute approximate surface area is 290 Å². The first-order valence-corrected chi connectivity index (χ1v) is 16.8. The van der Waals surface area contributed by atoms with Gasteiger partial charge in [-0.15, -0.1) is 0 Å². The molecule has 0 bridgehead atoms. The number of fused-ring (bicyclic) bond motifs is 11. The SMILES string of the molecule is c1ccc(-c2cc(-c3ccc4c(c3)C3(c5ccccc5Oc5ccccc53)c3ccccc3-c3ccccc3-4)nc(-c3cccnc3)n2)cc1. The van der Waals surface area contributed by atoms with Crippen molar-refractivity contribution in [2.75, 3.05) is 0 Å². The van der Waals surface area contributed by atoms with Crippen molar-refractivity contribution >= 4 is 0 Å². The third-order valence-corrected chi connectivity index (χ3v) is 10.1. The van der Waals surface area contributed by atoms with E-state index in [1.807, 2.05) is 36.5 Å². The smallest absolute Gasteiger partial charge is 0.161 e. The Bertz CT molecular complexity index is 2480. The lowest BCUT2D eigenvalue weighted by molar-refractivity contribution is 0.435. The summed E-state index contributed by atoms with van der Waals surface area (Å²) >= 11 is 0. The zero-order valence-electron chi connectivity index (χ0n) is 27.0. The molecular formula is C46H29N3O. The zero-order chi connectivity index (χ0) is 33.1. The lowest BCUT2D eigenvalue weighted by Crippen LogP contribution is -2.34. The van der Waals surface area contributed by atoms with Gasteiger partial charge < -0.3 is 4.74 Å². The molecule has 0 radical (unpaired) electrons. The van der Waals surface area contributed by atoms with Crippen LogP contribution in [-0.2, 0) is 5.41 Å². The highest BCUT2D eigenvalue weighted by Gasteiger charge is 2.49. The van der Waals surface area contributed by atoms with Crippen molar-refractivity contribution in [1.29, 1.82) is 0 Å². The first kappa shape index (κ1) is 28.4. The molecule has 1 aliphatic heterocycles. The molecular weight excluding hydrogens is 611 g/mol. The van der Waals surface area contributed by atoms with Crippen molar-refractivity contribution in [3.63, 3.8) is 0 Å². The summed E-state index contributed by atoms with van der Waals surface area (Å²) in [5.41, 5.74) is 13.3. The minimum atomic E-state index is -0.687. The van der Waals surface area contributed by atoms with E-state index in [2.05, 4.69) is 138 Å². The second kappa shape index (κ2) is 11.2. The van der Waals surface area contributed by atoms with Gasteiger partial charge in [0, 0.05) is 40.2 Å². The highest BCUT2D eigenvalue weighted by molar-refractivity contribution is 5.94. The molecule has 2 aliphatic rings. The van der Waals surface area contributed by atoms with Crippen LogP contribution in [0.3, 0.4) is 0 Å². The highest BCUT2D eigenvalue weighted by atomic mass is 16.5. The van der Waals surface area contributed by atoms with Crippen LogP contribution in [0.1, 0.15) is 22.3 Å². The van der Waals surface area contributed by atoms with Crippen molar-refractivity contribution < 1.29 is 4.74 Å². The van der Waals surface area contributed by atoms with Crippen LogP contribution in [0.4, 0.5) is 0 Å². The quantitative estimate of drug-likeness (QED) is 0.193. The van der Waals surface area contributed by atoms with E-state index >= 15 is 0 Å². The summed E-state index contributed by atoms with van der Waals surface area (Å²) in [6.45, 7) is 0. The maximum Gasteiger partial charge on any atom is 0.161 e. The van der Waals surface area contributed by atoms with Gasteiger partial charge in [0.2, 0.25) is 0 Å². The molecule has 1 spiro atoms. The van der Waals surface area contributed by atoms with Crippen LogP contribution < -0.4 is 4.74 Å². The number of para-hydroxylation sites is 2. The Balaban J connectivity index is 1.33. The van der Waals surface area contributed by atoms with Crippen LogP contribution in [-0.4, -0.2) is 15.0 Å². The lowest BCUT2D eigenvalue weighted by atomic mass is 9.62. The maximum atomic E-state index is 6.67. The predicted molar refractivity (Wildman–Crippen MR) is 199 cm³/mol. The van der Waals surface area contributed by atoms with Gasteiger partial charge in [-0.25, -0.2) is 9.97 Å². The minimum Gasteiger partial charge on any atom is -0.457 e. The molecule has 0 saturated carbocycles. The molecule has 4 nitrogen and oxygen atoms in total. The van der Waals surface area contributed by atoms with Crippen molar-refractivity contribution in [3.8, 4) is 67.7 Å². The van der Waals surface area contributed by atoms with E-state index in [0.29, 0.717) is 5.82 Å². The summed E-state index contributed by atoms with van der Waals surface area (Å²) < 4.78 is 6.67. The zero-order valence-corrected chi connectivity index (χ0v) is 27.0. The molecule has 8 aromatic rings. The average Bonchev–Trinajstić information content (AvgIpc) is 3.30. The molecule has 1 aliphatic carbocycles. The fraction of sp³-hybridized carbons (Fsp3) is 0.0217. The molecule has 6 aromatic carbocycles. The Morgan fingerprint density at radius 3 is 1.64 bits per heavy atom. The van der Waals surface area contributed by atoms with Crippen LogP contribution in [0.2, 0.25) is 0 Å². The van der Waals surface area contributed by atoms with Gasteiger partial charge in [0.05, 0.1) is 16.8 Å². The molecule has 0 N–H and O–H groups in total. The molecule has 0 fully saturated rings. The lowest BCUT2D eigenvalue weighted by Gasteiger charge is -2.42. The molecule has 50 heavy (non-hydrogen) atoms. The Hall–Kier alpha value is -6.65. The van der Waals surface area contributed by atoms with Gasteiger partial charge in [-0.2, -0.15) is 0 Å². The number of hydrogen-bond acceptors (Lipinski definition) is 4. The number of benzene rings is 6. The highest BCUT2D eigenvalue weighted by Crippen LogP contribution is 2.61. The first-order chi connectivity index (χ1) is 24.8. The van der Waals surface area contributed by atoms with E-state index in [1.165, 1.54) is 33.4 Å². The topological polar surface area (TPSA) is 47.9 Å². The van der Waals surface area contributed by atoms with Crippen molar-refractivity contribution in [2.24, 2.45) is 0 Å². The molecule has 0 unspecified atom stereocenters. The van der Waals surface area contributed by atoms with Crippen LogP contribution in [0, 0.1) is 0 Å². The summed E-state index contributed by atoms with van der Waals surface area (Å²) in [5.74, 6) is 2.35. The van der Waals surface area contributed by atoms with Crippen LogP contribution >= 0.6 is 0 Å². The van der Waals surface area contributed by atoms with Crippen molar-refractivity contribution in [1.82, 2.24) is 15.0 Å². The number of hydrogen-bond donors (Lipinski definition) is 0. The van der Waals surface area contributed by atoms with E-state index in [9.17, 15) is 0 Å². The fourth-order valence-electron chi connectivity index (χ4n) is 7.94. The van der Waals surface area contributed by atoms with Gasteiger partial charge in [0.25, 0.3) is 0 Å². The molecule has 0 atom stereocenters. The van der Waals surface area contributed by atoms with Gasteiger partial charge in [0.15, 0.2) is 5.82 Å². The van der Waals surface area contributed by atoms with Gasteiger partial charge >= 0.3 is 0 Å². The largest absolute Gasteiger partial charge is 0.457 e. The van der Waals surface area contributed by atoms with E-state index in [4.69, 9.17) is 14.7 Å². The van der Waals surface area contributed by atoms with E-state index in [1.54, 1.807) is 6.20 Å². The van der Waals surface area contributed by atoms with E-state index in [0.717, 1.165) is 50.7 Å². The summed E-state index contributed by atoms with van der Waals surface area (Å²) in [5, 5.41) is 0. The Morgan fingerprint density at radius 1 is 0.400 bits per heavy atom. The Kier molecular flexibility index (Phi) is 6.36. The number of aromatic nitrogens is 3. The molecule has 0 saturated heterocycles. The molecule has 10 rings (SSSR count). The maximum absolute atomic E-state index is 6.67. The van der Waals surface area contributed by atoms with Gasteiger partial charge in [0.1, 0.15) is 11.5 Å². The summed E-state index contributed by atoms with van der Waals surface area (Å²) in [6, 6.07) is 57.8. The standard InChI is InChI=1S/C46H29N3O/c1-2-13-30(14-3-1)41-28-42(49-45(48-41)32-15-12-26-47-29-32)31-24-25-36-34-17-5-4-16-33(34)35-18-6-7-19-37(35)46(40(36)27-31)38-20-8-10-22-43(38)50-44-23-11-9-21-39(44)46/h1-29H. The fourth-order valence-corrected chi connectivity index (χ4v) is 7.94. The van der Waals surface area contributed by atoms with Crippen LogP contribution in [0.25, 0.3) is 56.2 Å². The van der Waals surface area contributed by atoms with Crippen molar-refractivity contribution in [2.45, 2.75) is 5.41 Å². The van der Waals surface area contributed by atoms with Crippen LogP contribution in [0.5, 0.6) is 11.5 Å². The summed E-state index contributed by atoms with van der Waals surface area (Å²) in [7, 11) is 0. The van der Waals surface area contributed by atoms with Crippen LogP contribution in [0.15, 0.2) is 176 Å². The average molecular weight is 640 g/mol. The number of nitrogens with zero attached hydrogens (tertiary/aromatic N) is 3.